The van der Waals surface area contributed by atoms with E-state index in [0.29, 0.717) is 6.04 Å². The van der Waals surface area contributed by atoms with E-state index < -0.39 is 0 Å². The summed E-state index contributed by atoms with van der Waals surface area (Å²) in [4.78, 5) is 10.7. The maximum Gasteiger partial charge on any atom is 0.132 e. The minimum atomic E-state index is 0.587. The lowest BCUT2D eigenvalue weighted by molar-refractivity contribution is 0.436. The first kappa shape index (κ1) is 11.3. The van der Waals surface area contributed by atoms with Gasteiger partial charge in [-0.2, -0.15) is 0 Å². The maximum absolute atomic E-state index is 4.35. The van der Waals surface area contributed by atoms with E-state index in [2.05, 4.69) is 27.1 Å². The van der Waals surface area contributed by atoms with Crippen molar-refractivity contribution in [1.29, 1.82) is 0 Å². The predicted octanol–water partition coefficient (Wildman–Crippen LogP) is 1.44. The zero-order valence-corrected chi connectivity index (χ0v) is 9.89. The number of likely N-dealkylation sites (N-methyl/N-ethyl adjacent to an activating group) is 1. The molecule has 0 bridgehead atoms. The second kappa shape index (κ2) is 5.80. The fourth-order valence-corrected chi connectivity index (χ4v) is 2.28. The minimum Gasteiger partial charge on any atom is -0.352 e. The molecule has 1 aromatic heterocycles. The van der Waals surface area contributed by atoms with E-state index in [1.807, 2.05) is 12.3 Å². The number of aromatic nitrogens is 2. The molecular weight excluding hydrogens is 200 g/mol. The number of piperidine rings is 1. The van der Waals surface area contributed by atoms with Gasteiger partial charge in [-0.15, -0.1) is 0 Å². The first-order valence-corrected chi connectivity index (χ1v) is 6.15. The third-order valence-electron chi connectivity index (χ3n) is 3.12. The Kier molecular flexibility index (Phi) is 4.10. The summed E-state index contributed by atoms with van der Waals surface area (Å²) in [6.45, 7) is 5.36. The Morgan fingerprint density at radius 1 is 1.50 bits per heavy atom. The summed E-state index contributed by atoms with van der Waals surface area (Å²) >= 11 is 0. The van der Waals surface area contributed by atoms with Crippen LogP contribution < -0.4 is 10.2 Å². The summed E-state index contributed by atoms with van der Waals surface area (Å²) in [5, 5.41) is 3.43. The smallest absolute Gasteiger partial charge is 0.132 e. The summed E-state index contributed by atoms with van der Waals surface area (Å²) < 4.78 is 0. The molecule has 0 aliphatic carbocycles. The molecule has 2 rings (SSSR count). The van der Waals surface area contributed by atoms with Crippen LogP contribution >= 0.6 is 0 Å². The summed E-state index contributed by atoms with van der Waals surface area (Å²) in [5.41, 5.74) is 0. The highest BCUT2D eigenvalue weighted by molar-refractivity contribution is 5.38. The van der Waals surface area contributed by atoms with Crippen LogP contribution in [0.5, 0.6) is 0 Å². The van der Waals surface area contributed by atoms with Crippen LogP contribution in [-0.2, 0) is 0 Å². The standard InChI is InChI=1S/C12H20N4/c1-2-13-9-11-5-3-4-8-16(11)12-6-7-14-10-15-12/h6-7,10-11,13H,2-5,8-9H2,1H3. The first-order valence-electron chi connectivity index (χ1n) is 6.15. The van der Waals surface area contributed by atoms with Crippen molar-refractivity contribution < 1.29 is 0 Å². The third kappa shape index (κ3) is 2.70. The van der Waals surface area contributed by atoms with Gasteiger partial charge >= 0.3 is 0 Å². The van der Waals surface area contributed by atoms with Crippen LogP contribution in [-0.4, -0.2) is 35.6 Å². The molecule has 2 heterocycles. The molecule has 0 spiro atoms. The Balaban J connectivity index is 2.04. The van der Waals surface area contributed by atoms with Crippen LogP contribution in [0.1, 0.15) is 26.2 Å². The van der Waals surface area contributed by atoms with Crippen molar-refractivity contribution >= 4 is 5.82 Å². The van der Waals surface area contributed by atoms with Gasteiger partial charge in [-0.3, -0.25) is 0 Å². The molecule has 1 atom stereocenters. The van der Waals surface area contributed by atoms with E-state index in [9.17, 15) is 0 Å². The SMILES string of the molecule is CCNCC1CCCCN1c1ccncn1. The van der Waals surface area contributed by atoms with Crippen LogP contribution in [0.4, 0.5) is 5.82 Å². The quantitative estimate of drug-likeness (QED) is 0.833. The lowest BCUT2D eigenvalue weighted by atomic mass is 10.0. The Morgan fingerprint density at radius 3 is 3.19 bits per heavy atom. The topological polar surface area (TPSA) is 41.0 Å². The fourth-order valence-electron chi connectivity index (χ4n) is 2.28. The van der Waals surface area contributed by atoms with Gasteiger partial charge in [0.05, 0.1) is 0 Å². The van der Waals surface area contributed by atoms with Crippen molar-refractivity contribution in [3.63, 3.8) is 0 Å². The van der Waals surface area contributed by atoms with E-state index >= 15 is 0 Å². The molecule has 1 saturated heterocycles. The molecule has 0 amide bonds. The van der Waals surface area contributed by atoms with Crippen LogP contribution in [0.25, 0.3) is 0 Å². The molecule has 1 unspecified atom stereocenters. The van der Waals surface area contributed by atoms with Crippen LogP contribution in [0, 0.1) is 0 Å². The summed E-state index contributed by atoms with van der Waals surface area (Å²) in [6, 6.07) is 2.59. The lowest BCUT2D eigenvalue weighted by Crippen LogP contribution is -2.46. The zero-order chi connectivity index (χ0) is 11.2. The number of nitrogens with one attached hydrogen (secondary N) is 1. The maximum atomic E-state index is 4.35. The molecule has 1 aliphatic rings. The van der Waals surface area contributed by atoms with E-state index in [-0.39, 0.29) is 0 Å². The molecule has 88 valence electrons. The second-order valence-electron chi connectivity index (χ2n) is 4.22. The molecule has 0 radical (unpaired) electrons. The van der Waals surface area contributed by atoms with E-state index in [1.54, 1.807) is 6.33 Å². The molecule has 4 nitrogen and oxygen atoms in total. The zero-order valence-electron chi connectivity index (χ0n) is 9.89. The molecule has 1 aromatic rings. The molecule has 16 heavy (non-hydrogen) atoms. The van der Waals surface area contributed by atoms with Crippen molar-refractivity contribution in [1.82, 2.24) is 15.3 Å². The number of anilines is 1. The number of nitrogens with zero attached hydrogens (tertiary/aromatic N) is 3. The van der Waals surface area contributed by atoms with Gasteiger partial charge in [0, 0.05) is 25.3 Å². The van der Waals surface area contributed by atoms with E-state index in [1.165, 1.54) is 19.3 Å². The molecule has 4 heteroatoms. The predicted molar refractivity (Wildman–Crippen MR) is 65.6 cm³/mol. The van der Waals surface area contributed by atoms with Gasteiger partial charge in [-0.05, 0) is 31.9 Å². The van der Waals surface area contributed by atoms with Crippen LogP contribution in [0.2, 0.25) is 0 Å². The summed E-state index contributed by atoms with van der Waals surface area (Å²) in [7, 11) is 0. The highest BCUT2D eigenvalue weighted by atomic mass is 15.2. The Bertz CT molecular complexity index is 301. The number of hydrogen-bond acceptors (Lipinski definition) is 4. The molecule has 1 N–H and O–H groups in total. The van der Waals surface area contributed by atoms with E-state index in [0.717, 1.165) is 25.5 Å². The lowest BCUT2D eigenvalue weighted by Gasteiger charge is -2.36. The average Bonchev–Trinajstić information content (AvgIpc) is 2.38. The van der Waals surface area contributed by atoms with Crippen LogP contribution in [0.3, 0.4) is 0 Å². The Morgan fingerprint density at radius 2 is 2.44 bits per heavy atom. The fraction of sp³-hybridized carbons (Fsp3) is 0.667. The van der Waals surface area contributed by atoms with Gasteiger partial charge < -0.3 is 10.2 Å². The van der Waals surface area contributed by atoms with Gasteiger partial charge in [-0.25, -0.2) is 9.97 Å². The van der Waals surface area contributed by atoms with Crippen molar-refractivity contribution in [2.45, 2.75) is 32.2 Å². The van der Waals surface area contributed by atoms with Gasteiger partial charge in [0.2, 0.25) is 0 Å². The summed E-state index contributed by atoms with van der Waals surface area (Å²) in [5.74, 6) is 1.07. The molecule has 0 saturated carbocycles. The largest absolute Gasteiger partial charge is 0.352 e. The third-order valence-corrected chi connectivity index (χ3v) is 3.12. The monoisotopic (exact) mass is 220 g/mol. The van der Waals surface area contributed by atoms with Gasteiger partial charge in [0.1, 0.15) is 12.1 Å². The van der Waals surface area contributed by atoms with Gasteiger partial charge in [-0.1, -0.05) is 6.92 Å². The highest BCUT2D eigenvalue weighted by Crippen LogP contribution is 2.21. The van der Waals surface area contributed by atoms with Gasteiger partial charge in [0.15, 0.2) is 0 Å². The molecular formula is C12H20N4. The van der Waals surface area contributed by atoms with Crippen molar-refractivity contribution in [2.75, 3.05) is 24.5 Å². The van der Waals surface area contributed by atoms with Crippen molar-refractivity contribution in [3.05, 3.63) is 18.6 Å². The van der Waals surface area contributed by atoms with Crippen molar-refractivity contribution in [3.8, 4) is 0 Å². The van der Waals surface area contributed by atoms with Crippen molar-refractivity contribution in [2.24, 2.45) is 0 Å². The second-order valence-corrected chi connectivity index (χ2v) is 4.22. The minimum absolute atomic E-state index is 0.587. The Labute approximate surface area is 97.1 Å². The van der Waals surface area contributed by atoms with E-state index in [4.69, 9.17) is 0 Å². The average molecular weight is 220 g/mol. The van der Waals surface area contributed by atoms with Crippen LogP contribution in [0.15, 0.2) is 18.6 Å². The normalized spacial score (nSPS) is 21.1. The first-order chi connectivity index (χ1) is 7.92. The molecule has 0 aromatic carbocycles. The molecule has 1 aliphatic heterocycles. The van der Waals surface area contributed by atoms with Gasteiger partial charge in [0.25, 0.3) is 0 Å². The number of rotatable bonds is 4. The molecule has 1 fully saturated rings. The Hall–Kier alpha value is -1.16. The highest BCUT2D eigenvalue weighted by Gasteiger charge is 2.22. The number of hydrogen-bond donors (Lipinski definition) is 1. The summed E-state index contributed by atoms with van der Waals surface area (Å²) in [6.07, 6.45) is 7.32.